The highest BCUT2D eigenvalue weighted by Gasteiger charge is 2.17. The number of phenols is 1. The van der Waals surface area contributed by atoms with E-state index in [0.717, 1.165) is 21.4 Å². The van der Waals surface area contributed by atoms with Crippen LogP contribution in [-0.2, 0) is 4.79 Å². The van der Waals surface area contributed by atoms with Crippen LogP contribution in [0.4, 0.5) is 5.69 Å². The number of hydrogen-bond acceptors (Lipinski definition) is 5. The van der Waals surface area contributed by atoms with Gasteiger partial charge >= 0.3 is 0 Å². The summed E-state index contributed by atoms with van der Waals surface area (Å²) in [7, 11) is 0. The number of nitrogens with one attached hydrogen (secondary N) is 1. The average molecular weight is 481 g/mol. The molecule has 3 aromatic carbocycles. The predicted molar refractivity (Wildman–Crippen MR) is 122 cm³/mol. The van der Waals surface area contributed by atoms with Gasteiger partial charge in [-0.15, -0.1) is 10.2 Å². The number of para-hydroxylation sites is 2. The number of thioether (sulfide) groups is 1. The molecule has 0 aliphatic rings. The maximum Gasteiger partial charge on any atom is 0.234 e. The number of phenolic OH excluding ortho intramolecular Hbond substituents is 1. The third kappa shape index (κ3) is 4.55. The Bertz CT molecular complexity index is 1160. The molecule has 0 unspecified atom stereocenters. The molecule has 0 fully saturated rings. The molecule has 4 aromatic rings. The topological polar surface area (TPSA) is 80.0 Å². The molecule has 8 heteroatoms. The summed E-state index contributed by atoms with van der Waals surface area (Å²) in [5.41, 5.74) is 2.42. The largest absolute Gasteiger partial charge is 0.508 e. The smallest absolute Gasteiger partial charge is 0.234 e. The molecule has 0 saturated heterocycles. The van der Waals surface area contributed by atoms with Gasteiger partial charge in [-0.05, 0) is 64.5 Å². The zero-order valence-electron chi connectivity index (χ0n) is 15.7. The molecule has 6 nitrogen and oxygen atoms in total. The lowest BCUT2D eigenvalue weighted by molar-refractivity contribution is -0.113. The van der Waals surface area contributed by atoms with E-state index in [2.05, 4.69) is 31.4 Å². The summed E-state index contributed by atoms with van der Waals surface area (Å²) in [6, 6.07) is 24.0. The lowest BCUT2D eigenvalue weighted by atomic mass is 10.2. The monoisotopic (exact) mass is 480 g/mol. The molecule has 1 aromatic heterocycles. The molecule has 0 atom stereocenters. The van der Waals surface area contributed by atoms with Crippen LogP contribution in [-0.4, -0.2) is 31.5 Å². The van der Waals surface area contributed by atoms with Crippen molar-refractivity contribution in [1.29, 1.82) is 0 Å². The minimum Gasteiger partial charge on any atom is -0.508 e. The molecule has 4 rings (SSSR count). The normalized spacial score (nSPS) is 10.7. The number of halogens is 1. The number of amides is 1. The number of rotatable bonds is 6. The fraction of sp³-hybridized carbons (Fsp3) is 0.0455. The summed E-state index contributed by atoms with van der Waals surface area (Å²) >= 11 is 4.74. The Balaban J connectivity index is 1.59. The number of carbonyl (C=O) groups is 1. The summed E-state index contributed by atoms with van der Waals surface area (Å²) < 4.78 is 2.73. The molecule has 0 aliphatic heterocycles. The number of carbonyl (C=O) groups excluding carboxylic acids is 1. The fourth-order valence-corrected chi connectivity index (χ4v) is 3.99. The molecule has 30 heavy (non-hydrogen) atoms. The van der Waals surface area contributed by atoms with Crippen LogP contribution in [0.5, 0.6) is 5.75 Å². The summed E-state index contributed by atoms with van der Waals surface area (Å²) in [4.78, 5) is 12.5. The van der Waals surface area contributed by atoms with Crippen molar-refractivity contribution in [1.82, 2.24) is 14.8 Å². The van der Waals surface area contributed by atoms with Crippen molar-refractivity contribution >= 4 is 39.3 Å². The first-order chi connectivity index (χ1) is 14.6. The van der Waals surface area contributed by atoms with Crippen molar-refractivity contribution < 1.29 is 9.90 Å². The molecule has 0 radical (unpaired) electrons. The van der Waals surface area contributed by atoms with Crippen LogP contribution in [0.1, 0.15) is 0 Å². The van der Waals surface area contributed by atoms with Gasteiger partial charge in [0.25, 0.3) is 0 Å². The minimum atomic E-state index is -0.138. The summed E-state index contributed by atoms with van der Waals surface area (Å²) in [5, 5.41) is 21.7. The summed E-state index contributed by atoms with van der Waals surface area (Å²) in [6.07, 6.45) is 0. The lowest BCUT2D eigenvalue weighted by Gasteiger charge is -2.11. The zero-order chi connectivity index (χ0) is 20.9. The van der Waals surface area contributed by atoms with Gasteiger partial charge in [-0.2, -0.15) is 0 Å². The Morgan fingerprint density at radius 2 is 1.67 bits per heavy atom. The van der Waals surface area contributed by atoms with Gasteiger partial charge in [0.2, 0.25) is 5.91 Å². The Labute approximate surface area is 186 Å². The van der Waals surface area contributed by atoms with Gasteiger partial charge in [0.1, 0.15) is 5.75 Å². The predicted octanol–water partition coefficient (Wildman–Crippen LogP) is 5.13. The molecule has 1 amide bonds. The number of nitrogens with zero attached hydrogens (tertiary/aromatic N) is 3. The van der Waals surface area contributed by atoms with E-state index in [1.807, 2.05) is 59.2 Å². The van der Waals surface area contributed by atoms with E-state index in [0.29, 0.717) is 11.0 Å². The highest BCUT2D eigenvalue weighted by Crippen LogP contribution is 2.29. The van der Waals surface area contributed by atoms with Gasteiger partial charge in [-0.3, -0.25) is 9.36 Å². The standard InChI is InChI=1S/C22H17BrN4O2S/c23-18-8-4-5-9-19(18)24-20(29)14-30-22-26-25-21(15-10-12-17(28)13-11-15)27(22)16-6-2-1-3-7-16/h1-13,28H,14H2,(H,24,29). The Morgan fingerprint density at radius 1 is 0.967 bits per heavy atom. The van der Waals surface area contributed by atoms with Crippen LogP contribution in [0.2, 0.25) is 0 Å². The second-order valence-electron chi connectivity index (χ2n) is 6.34. The van der Waals surface area contributed by atoms with Crippen LogP contribution in [0, 0.1) is 0 Å². The first-order valence-electron chi connectivity index (χ1n) is 9.09. The Hall–Kier alpha value is -3.10. The van der Waals surface area contributed by atoms with Crippen molar-refractivity contribution in [3.8, 4) is 22.8 Å². The van der Waals surface area contributed by atoms with E-state index in [1.54, 1.807) is 24.3 Å². The number of hydrogen-bond donors (Lipinski definition) is 2. The van der Waals surface area contributed by atoms with Crippen LogP contribution in [0.15, 0.2) is 88.5 Å². The summed E-state index contributed by atoms with van der Waals surface area (Å²) in [5.74, 6) is 0.862. The van der Waals surface area contributed by atoms with Gasteiger partial charge in [0.15, 0.2) is 11.0 Å². The molecule has 1 heterocycles. The van der Waals surface area contributed by atoms with E-state index >= 15 is 0 Å². The maximum absolute atomic E-state index is 12.5. The first-order valence-corrected chi connectivity index (χ1v) is 10.9. The quantitative estimate of drug-likeness (QED) is 0.373. The van der Waals surface area contributed by atoms with Crippen LogP contribution < -0.4 is 5.32 Å². The van der Waals surface area contributed by atoms with Crippen LogP contribution >= 0.6 is 27.7 Å². The Morgan fingerprint density at radius 3 is 2.40 bits per heavy atom. The van der Waals surface area contributed by atoms with E-state index < -0.39 is 0 Å². The highest BCUT2D eigenvalue weighted by molar-refractivity contribution is 9.10. The van der Waals surface area contributed by atoms with Crippen molar-refractivity contribution in [2.45, 2.75) is 5.16 Å². The molecule has 0 spiro atoms. The van der Waals surface area contributed by atoms with Crippen molar-refractivity contribution in [2.24, 2.45) is 0 Å². The number of benzene rings is 3. The molecular formula is C22H17BrN4O2S. The molecule has 0 aliphatic carbocycles. The molecule has 0 bridgehead atoms. The van der Waals surface area contributed by atoms with Crippen molar-refractivity contribution in [3.05, 3.63) is 83.3 Å². The lowest BCUT2D eigenvalue weighted by Crippen LogP contribution is -2.15. The van der Waals surface area contributed by atoms with Crippen LogP contribution in [0.25, 0.3) is 17.1 Å². The van der Waals surface area contributed by atoms with E-state index in [1.165, 1.54) is 11.8 Å². The van der Waals surface area contributed by atoms with Gasteiger partial charge < -0.3 is 10.4 Å². The van der Waals surface area contributed by atoms with Crippen LogP contribution in [0.3, 0.4) is 0 Å². The molecular weight excluding hydrogens is 464 g/mol. The van der Waals surface area contributed by atoms with Gasteiger partial charge in [-0.25, -0.2) is 0 Å². The first kappa shape index (κ1) is 20.2. The molecule has 2 N–H and O–H groups in total. The van der Waals surface area contributed by atoms with Gasteiger partial charge in [-0.1, -0.05) is 42.1 Å². The summed E-state index contributed by atoms with van der Waals surface area (Å²) in [6.45, 7) is 0. The van der Waals surface area contributed by atoms with E-state index in [9.17, 15) is 9.90 Å². The van der Waals surface area contributed by atoms with Crippen molar-refractivity contribution in [3.63, 3.8) is 0 Å². The second kappa shape index (κ2) is 9.15. The SMILES string of the molecule is O=C(CSc1nnc(-c2ccc(O)cc2)n1-c1ccccc1)Nc1ccccc1Br. The van der Waals surface area contributed by atoms with Crippen molar-refractivity contribution in [2.75, 3.05) is 11.1 Å². The zero-order valence-corrected chi connectivity index (χ0v) is 18.1. The number of aromatic nitrogens is 3. The highest BCUT2D eigenvalue weighted by atomic mass is 79.9. The minimum absolute atomic E-state index is 0.138. The maximum atomic E-state index is 12.5. The molecule has 0 saturated carbocycles. The number of anilines is 1. The van der Waals surface area contributed by atoms with Gasteiger partial charge in [0.05, 0.1) is 11.4 Å². The van der Waals surface area contributed by atoms with E-state index in [4.69, 9.17) is 0 Å². The average Bonchev–Trinajstić information content (AvgIpc) is 3.19. The third-order valence-electron chi connectivity index (χ3n) is 4.25. The second-order valence-corrected chi connectivity index (χ2v) is 8.14. The fourth-order valence-electron chi connectivity index (χ4n) is 2.85. The van der Waals surface area contributed by atoms with E-state index in [-0.39, 0.29) is 17.4 Å². The number of aromatic hydroxyl groups is 1. The Kier molecular flexibility index (Phi) is 6.15. The third-order valence-corrected chi connectivity index (χ3v) is 5.87. The molecule has 150 valence electrons. The van der Waals surface area contributed by atoms with Gasteiger partial charge in [0, 0.05) is 15.7 Å².